The van der Waals surface area contributed by atoms with Crippen molar-refractivity contribution in [3.8, 4) is 0 Å². The molecular formula is C8H11NO2. The monoisotopic (exact) mass is 153 g/mol. The fraction of sp³-hybridized carbons (Fsp3) is 0.375. The van der Waals surface area contributed by atoms with Crippen molar-refractivity contribution in [1.29, 1.82) is 0 Å². The van der Waals surface area contributed by atoms with Gasteiger partial charge in [0, 0.05) is 6.20 Å². The zero-order valence-corrected chi connectivity index (χ0v) is 6.65. The normalized spacial score (nSPS) is 22.0. The molecule has 0 radical (unpaired) electrons. The van der Waals surface area contributed by atoms with Crippen LogP contribution in [0.5, 0.6) is 0 Å². The van der Waals surface area contributed by atoms with E-state index >= 15 is 0 Å². The second kappa shape index (κ2) is 3.23. The largest absolute Gasteiger partial charge is 0.452 e. The summed E-state index contributed by atoms with van der Waals surface area (Å²) >= 11 is 0. The van der Waals surface area contributed by atoms with E-state index in [-0.39, 0.29) is 12.1 Å². The summed E-state index contributed by atoms with van der Waals surface area (Å²) in [6.07, 6.45) is 7.02. The summed E-state index contributed by atoms with van der Waals surface area (Å²) in [5.74, 6) is 0. The van der Waals surface area contributed by atoms with E-state index in [1.54, 1.807) is 12.3 Å². The first kappa shape index (κ1) is 7.85. The summed E-state index contributed by atoms with van der Waals surface area (Å²) in [6, 6.07) is 0.0902. The van der Waals surface area contributed by atoms with Crippen molar-refractivity contribution in [3.63, 3.8) is 0 Å². The van der Waals surface area contributed by atoms with Crippen molar-refractivity contribution in [2.24, 2.45) is 0 Å². The molecule has 0 saturated heterocycles. The van der Waals surface area contributed by atoms with Gasteiger partial charge in [0.2, 0.25) is 0 Å². The van der Waals surface area contributed by atoms with Crippen molar-refractivity contribution in [2.75, 3.05) is 7.11 Å². The van der Waals surface area contributed by atoms with Crippen LogP contribution < -0.4 is 0 Å². The van der Waals surface area contributed by atoms with Gasteiger partial charge in [-0.2, -0.15) is 0 Å². The highest BCUT2D eigenvalue weighted by molar-refractivity contribution is 5.69. The van der Waals surface area contributed by atoms with Crippen LogP contribution in [0.2, 0.25) is 0 Å². The number of ether oxygens (including phenoxy) is 1. The molecule has 1 aliphatic rings. The number of amides is 1. The van der Waals surface area contributed by atoms with Crippen LogP contribution >= 0.6 is 0 Å². The van der Waals surface area contributed by atoms with Crippen LogP contribution in [0.1, 0.15) is 6.92 Å². The molecule has 1 atom stereocenters. The zero-order chi connectivity index (χ0) is 8.27. The predicted molar refractivity (Wildman–Crippen MR) is 42.0 cm³/mol. The van der Waals surface area contributed by atoms with Crippen molar-refractivity contribution >= 4 is 6.09 Å². The molecule has 1 unspecified atom stereocenters. The Labute approximate surface area is 65.9 Å². The van der Waals surface area contributed by atoms with Gasteiger partial charge in [-0.25, -0.2) is 4.79 Å². The second-order valence-corrected chi connectivity index (χ2v) is 2.34. The molecule has 0 aliphatic carbocycles. The van der Waals surface area contributed by atoms with E-state index in [1.165, 1.54) is 12.0 Å². The molecule has 1 rings (SSSR count). The molecule has 3 nitrogen and oxygen atoms in total. The summed E-state index contributed by atoms with van der Waals surface area (Å²) in [4.78, 5) is 12.5. The van der Waals surface area contributed by atoms with Crippen LogP contribution in [0.15, 0.2) is 24.4 Å². The highest BCUT2D eigenvalue weighted by atomic mass is 16.5. The zero-order valence-electron chi connectivity index (χ0n) is 6.65. The minimum atomic E-state index is -0.321. The van der Waals surface area contributed by atoms with E-state index in [4.69, 9.17) is 0 Å². The molecule has 0 saturated carbocycles. The Morgan fingerprint density at radius 1 is 1.55 bits per heavy atom. The molecule has 0 fully saturated rings. The fourth-order valence-corrected chi connectivity index (χ4v) is 0.928. The third-order valence-corrected chi connectivity index (χ3v) is 1.57. The van der Waals surface area contributed by atoms with E-state index in [9.17, 15) is 4.79 Å². The quantitative estimate of drug-likeness (QED) is 0.528. The number of hydrogen-bond acceptors (Lipinski definition) is 2. The molecule has 11 heavy (non-hydrogen) atoms. The summed E-state index contributed by atoms with van der Waals surface area (Å²) in [5.41, 5.74) is 0. The van der Waals surface area contributed by atoms with Crippen LogP contribution in [0, 0.1) is 0 Å². The average molecular weight is 153 g/mol. The van der Waals surface area contributed by atoms with Crippen LogP contribution in [-0.4, -0.2) is 24.1 Å². The number of methoxy groups -OCH3 is 1. The maximum Gasteiger partial charge on any atom is 0.414 e. The van der Waals surface area contributed by atoms with Gasteiger partial charge in [0.25, 0.3) is 0 Å². The molecule has 1 heterocycles. The van der Waals surface area contributed by atoms with Crippen molar-refractivity contribution in [2.45, 2.75) is 13.0 Å². The van der Waals surface area contributed by atoms with E-state index in [0.717, 1.165) is 0 Å². The molecular weight excluding hydrogens is 142 g/mol. The average Bonchev–Trinajstić information content (AvgIpc) is 2.04. The Morgan fingerprint density at radius 3 is 2.82 bits per heavy atom. The molecule has 1 amide bonds. The lowest BCUT2D eigenvalue weighted by atomic mass is 10.2. The smallest absolute Gasteiger partial charge is 0.414 e. The molecule has 0 bridgehead atoms. The number of carbonyl (C=O) groups excluding carboxylic acids is 1. The SMILES string of the molecule is COC(=O)N1C=CC=CC1C. The Bertz CT molecular complexity index is 208. The van der Waals surface area contributed by atoms with Gasteiger partial charge in [-0.1, -0.05) is 12.2 Å². The van der Waals surface area contributed by atoms with Crippen molar-refractivity contribution in [3.05, 3.63) is 24.4 Å². The second-order valence-electron chi connectivity index (χ2n) is 2.34. The maximum atomic E-state index is 11.0. The lowest BCUT2D eigenvalue weighted by Crippen LogP contribution is -2.33. The molecule has 0 aromatic heterocycles. The lowest BCUT2D eigenvalue weighted by Gasteiger charge is -2.23. The molecule has 0 aromatic rings. The highest BCUT2D eigenvalue weighted by Crippen LogP contribution is 2.08. The van der Waals surface area contributed by atoms with Crippen LogP contribution in [0.25, 0.3) is 0 Å². The first-order valence-electron chi connectivity index (χ1n) is 3.47. The molecule has 60 valence electrons. The van der Waals surface area contributed by atoms with Gasteiger partial charge < -0.3 is 4.74 Å². The third-order valence-electron chi connectivity index (χ3n) is 1.57. The van der Waals surface area contributed by atoms with Crippen molar-refractivity contribution < 1.29 is 9.53 Å². The predicted octanol–water partition coefficient (Wildman–Crippen LogP) is 1.53. The van der Waals surface area contributed by atoms with Gasteiger partial charge in [0.1, 0.15) is 0 Å². The van der Waals surface area contributed by atoms with Gasteiger partial charge in [-0.05, 0) is 13.0 Å². The number of rotatable bonds is 0. The Kier molecular flexibility index (Phi) is 2.31. The van der Waals surface area contributed by atoms with E-state index < -0.39 is 0 Å². The van der Waals surface area contributed by atoms with Crippen LogP contribution in [0.3, 0.4) is 0 Å². The van der Waals surface area contributed by atoms with E-state index in [2.05, 4.69) is 4.74 Å². The summed E-state index contributed by atoms with van der Waals surface area (Å²) in [5, 5.41) is 0. The van der Waals surface area contributed by atoms with Gasteiger partial charge >= 0.3 is 6.09 Å². The number of hydrogen-bond donors (Lipinski definition) is 0. The first-order chi connectivity index (χ1) is 5.25. The minimum absolute atomic E-state index is 0.0902. The topological polar surface area (TPSA) is 29.5 Å². The van der Waals surface area contributed by atoms with E-state index in [1.807, 2.05) is 19.1 Å². The first-order valence-corrected chi connectivity index (χ1v) is 3.47. The summed E-state index contributed by atoms with van der Waals surface area (Å²) in [6.45, 7) is 1.93. The molecule has 0 spiro atoms. The summed E-state index contributed by atoms with van der Waals surface area (Å²) < 4.78 is 4.56. The molecule has 3 heteroatoms. The van der Waals surface area contributed by atoms with Crippen LogP contribution in [0.4, 0.5) is 4.79 Å². The molecule has 1 aliphatic heterocycles. The van der Waals surface area contributed by atoms with Crippen molar-refractivity contribution in [1.82, 2.24) is 4.90 Å². The number of carbonyl (C=O) groups is 1. The van der Waals surface area contributed by atoms with Gasteiger partial charge in [-0.3, -0.25) is 4.90 Å². The Morgan fingerprint density at radius 2 is 2.27 bits per heavy atom. The van der Waals surface area contributed by atoms with Gasteiger partial charge in [-0.15, -0.1) is 0 Å². The van der Waals surface area contributed by atoms with Gasteiger partial charge in [0.05, 0.1) is 13.2 Å². The lowest BCUT2D eigenvalue weighted by molar-refractivity contribution is 0.134. The number of nitrogens with zero attached hydrogens (tertiary/aromatic N) is 1. The van der Waals surface area contributed by atoms with Crippen LogP contribution in [-0.2, 0) is 4.74 Å². The Balaban J connectivity index is 2.65. The number of allylic oxidation sites excluding steroid dienone is 2. The minimum Gasteiger partial charge on any atom is -0.452 e. The standard InChI is InChI=1S/C8H11NO2/c1-7-5-3-4-6-9(7)8(10)11-2/h3-7H,1-2H3. The third kappa shape index (κ3) is 1.61. The van der Waals surface area contributed by atoms with E-state index in [0.29, 0.717) is 0 Å². The molecule has 0 aromatic carbocycles. The maximum absolute atomic E-state index is 11.0. The highest BCUT2D eigenvalue weighted by Gasteiger charge is 2.16. The van der Waals surface area contributed by atoms with Gasteiger partial charge in [0.15, 0.2) is 0 Å². The summed E-state index contributed by atoms with van der Waals surface area (Å²) in [7, 11) is 1.38. The molecule has 0 N–H and O–H groups in total. The Hall–Kier alpha value is -1.25. The fourth-order valence-electron chi connectivity index (χ4n) is 0.928.